The van der Waals surface area contributed by atoms with E-state index in [1.54, 1.807) is 4.57 Å². The van der Waals surface area contributed by atoms with Crippen LogP contribution in [0.4, 0.5) is 0 Å². The zero-order valence-electron chi connectivity index (χ0n) is 17.0. The first-order valence-electron chi connectivity index (χ1n) is 10.1. The van der Waals surface area contributed by atoms with E-state index < -0.39 is 6.10 Å². The fourth-order valence-electron chi connectivity index (χ4n) is 3.64. The number of aromatic nitrogens is 6. The average molecular weight is 439 g/mol. The average Bonchev–Trinajstić information content (AvgIpc) is 3.43. The highest BCUT2D eigenvalue weighted by Crippen LogP contribution is 2.30. The molecular formula is C22H23ClN6O2. The molecule has 0 amide bonds. The van der Waals surface area contributed by atoms with Crippen molar-refractivity contribution in [3.63, 3.8) is 0 Å². The summed E-state index contributed by atoms with van der Waals surface area (Å²) in [5, 5.41) is 34.8. The second-order valence-corrected chi connectivity index (χ2v) is 7.59. The van der Waals surface area contributed by atoms with Gasteiger partial charge in [0, 0.05) is 12.1 Å². The Morgan fingerprint density at radius 2 is 1.84 bits per heavy atom. The quantitative estimate of drug-likeness (QED) is 0.386. The van der Waals surface area contributed by atoms with Crippen LogP contribution in [0.1, 0.15) is 43.0 Å². The molecule has 2 aromatic heterocycles. The van der Waals surface area contributed by atoms with E-state index in [1.807, 2.05) is 55.5 Å². The van der Waals surface area contributed by atoms with Crippen LogP contribution in [-0.2, 0) is 13.2 Å². The van der Waals surface area contributed by atoms with Crippen LogP contribution >= 0.6 is 11.6 Å². The predicted octanol–water partition coefficient (Wildman–Crippen LogP) is 3.76. The fourth-order valence-corrected chi connectivity index (χ4v) is 3.89. The first-order chi connectivity index (χ1) is 15.1. The van der Waals surface area contributed by atoms with Crippen molar-refractivity contribution in [1.29, 1.82) is 0 Å². The standard InChI is InChI=1S/C22H23ClN6O2/c1-2-5-19(31)22-24-20(23)18(13-30)29(22)12-14-8-10-15(11-9-14)16-6-3-4-7-17(16)21-25-27-28-26-21/h3-4,6-11,19,30-31H,2,5,12-13H2,1H3,(H,25,26,27,28)/t19-/m0/s1. The Bertz CT molecular complexity index is 1140. The molecule has 0 aliphatic heterocycles. The Morgan fingerprint density at radius 1 is 1.10 bits per heavy atom. The van der Waals surface area contributed by atoms with E-state index in [9.17, 15) is 10.2 Å². The predicted molar refractivity (Wildman–Crippen MR) is 117 cm³/mol. The number of rotatable bonds is 8. The third-order valence-electron chi connectivity index (χ3n) is 5.18. The van der Waals surface area contributed by atoms with Gasteiger partial charge in [-0.25, -0.2) is 4.98 Å². The first-order valence-corrected chi connectivity index (χ1v) is 10.5. The van der Waals surface area contributed by atoms with Crippen molar-refractivity contribution in [2.45, 2.75) is 39.0 Å². The minimum atomic E-state index is -0.732. The van der Waals surface area contributed by atoms with Crippen LogP contribution in [0.3, 0.4) is 0 Å². The Kier molecular flexibility index (Phi) is 6.41. The van der Waals surface area contributed by atoms with Gasteiger partial charge in [0.25, 0.3) is 0 Å². The molecule has 0 saturated carbocycles. The monoisotopic (exact) mass is 438 g/mol. The number of benzene rings is 2. The van der Waals surface area contributed by atoms with Gasteiger partial charge in [-0.1, -0.05) is 73.5 Å². The zero-order chi connectivity index (χ0) is 21.8. The highest BCUT2D eigenvalue weighted by atomic mass is 35.5. The number of nitrogens with one attached hydrogen (secondary N) is 1. The highest BCUT2D eigenvalue weighted by molar-refractivity contribution is 6.30. The molecule has 0 spiro atoms. The lowest BCUT2D eigenvalue weighted by Crippen LogP contribution is -2.12. The van der Waals surface area contributed by atoms with Crippen LogP contribution in [0.25, 0.3) is 22.5 Å². The smallest absolute Gasteiger partial charge is 0.205 e. The summed E-state index contributed by atoms with van der Waals surface area (Å²) in [5.74, 6) is 1.01. The third kappa shape index (κ3) is 4.36. The number of hydrogen-bond donors (Lipinski definition) is 3. The zero-order valence-corrected chi connectivity index (χ0v) is 17.8. The van der Waals surface area contributed by atoms with E-state index in [4.69, 9.17) is 11.6 Å². The lowest BCUT2D eigenvalue weighted by Gasteiger charge is -2.15. The number of aliphatic hydroxyl groups is 2. The van der Waals surface area contributed by atoms with E-state index in [2.05, 4.69) is 25.6 Å². The van der Waals surface area contributed by atoms with Crippen molar-refractivity contribution >= 4 is 11.6 Å². The molecule has 9 heteroatoms. The third-order valence-corrected chi connectivity index (χ3v) is 5.48. The van der Waals surface area contributed by atoms with Gasteiger partial charge in [0.2, 0.25) is 5.82 Å². The number of halogens is 1. The van der Waals surface area contributed by atoms with Crippen LogP contribution < -0.4 is 0 Å². The Hall–Kier alpha value is -3.07. The first kappa shape index (κ1) is 21.2. The Morgan fingerprint density at radius 3 is 2.48 bits per heavy atom. The van der Waals surface area contributed by atoms with E-state index in [-0.39, 0.29) is 11.8 Å². The maximum absolute atomic E-state index is 10.5. The van der Waals surface area contributed by atoms with Crippen molar-refractivity contribution < 1.29 is 10.2 Å². The molecule has 31 heavy (non-hydrogen) atoms. The number of tetrazole rings is 1. The Labute approximate surface area is 184 Å². The van der Waals surface area contributed by atoms with Crippen LogP contribution in [0.2, 0.25) is 5.15 Å². The molecule has 4 rings (SSSR count). The van der Waals surface area contributed by atoms with Crippen LogP contribution in [0.15, 0.2) is 48.5 Å². The van der Waals surface area contributed by atoms with E-state index in [0.717, 1.165) is 28.7 Å². The van der Waals surface area contributed by atoms with Crippen LogP contribution in [0, 0.1) is 0 Å². The van der Waals surface area contributed by atoms with Crippen molar-refractivity contribution in [3.05, 3.63) is 70.8 Å². The van der Waals surface area contributed by atoms with Gasteiger partial charge in [0.1, 0.15) is 11.9 Å². The largest absolute Gasteiger partial charge is 0.390 e. The normalized spacial score (nSPS) is 12.3. The van der Waals surface area contributed by atoms with Gasteiger partial charge in [-0.2, -0.15) is 5.21 Å². The van der Waals surface area contributed by atoms with E-state index >= 15 is 0 Å². The molecule has 0 radical (unpaired) electrons. The molecule has 4 aromatic rings. The Balaban J connectivity index is 1.64. The minimum Gasteiger partial charge on any atom is -0.390 e. The van der Waals surface area contributed by atoms with Crippen molar-refractivity contribution in [1.82, 2.24) is 30.2 Å². The molecule has 0 bridgehead atoms. The van der Waals surface area contributed by atoms with Gasteiger partial charge in [-0.05, 0) is 28.3 Å². The van der Waals surface area contributed by atoms with Gasteiger partial charge < -0.3 is 14.8 Å². The van der Waals surface area contributed by atoms with Crippen LogP contribution in [-0.4, -0.2) is 40.4 Å². The summed E-state index contributed by atoms with van der Waals surface area (Å²) in [6.07, 6.45) is 0.655. The molecule has 160 valence electrons. The molecule has 2 heterocycles. The topological polar surface area (TPSA) is 113 Å². The van der Waals surface area contributed by atoms with E-state index in [0.29, 0.717) is 30.3 Å². The number of hydrogen-bond acceptors (Lipinski definition) is 6. The highest BCUT2D eigenvalue weighted by Gasteiger charge is 2.21. The van der Waals surface area contributed by atoms with Gasteiger partial charge >= 0.3 is 0 Å². The lowest BCUT2D eigenvalue weighted by atomic mass is 9.98. The van der Waals surface area contributed by atoms with Gasteiger partial charge in [-0.3, -0.25) is 0 Å². The van der Waals surface area contributed by atoms with Crippen LogP contribution in [0.5, 0.6) is 0 Å². The molecule has 0 unspecified atom stereocenters. The molecule has 3 N–H and O–H groups in total. The maximum Gasteiger partial charge on any atom is 0.205 e. The summed E-state index contributed by atoms with van der Waals surface area (Å²) in [4.78, 5) is 4.30. The fraction of sp³-hybridized carbons (Fsp3) is 0.273. The maximum atomic E-state index is 10.5. The minimum absolute atomic E-state index is 0.221. The molecule has 2 aromatic carbocycles. The van der Waals surface area contributed by atoms with Gasteiger partial charge in [-0.15, -0.1) is 10.2 Å². The summed E-state index contributed by atoms with van der Waals surface area (Å²) >= 11 is 6.21. The summed E-state index contributed by atoms with van der Waals surface area (Å²) in [7, 11) is 0. The lowest BCUT2D eigenvalue weighted by molar-refractivity contribution is 0.151. The summed E-state index contributed by atoms with van der Waals surface area (Å²) in [6.45, 7) is 2.19. The molecule has 0 aliphatic rings. The number of aliphatic hydroxyl groups excluding tert-OH is 2. The number of imidazole rings is 1. The van der Waals surface area contributed by atoms with E-state index in [1.165, 1.54) is 0 Å². The number of H-pyrrole nitrogens is 1. The number of aromatic amines is 1. The second kappa shape index (κ2) is 9.38. The van der Waals surface area contributed by atoms with Crippen molar-refractivity contribution in [2.75, 3.05) is 0 Å². The molecule has 0 aliphatic carbocycles. The number of nitrogens with zero attached hydrogens (tertiary/aromatic N) is 5. The molecule has 1 atom stereocenters. The second-order valence-electron chi connectivity index (χ2n) is 7.23. The van der Waals surface area contributed by atoms with Gasteiger partial charge in [0.15, 0.2) is 5.15 Å². The SMILES string of the molecule is CCC[C@H](O)c1nc(Cl)c(CO)n1Cc1ccc(-c2ccccc2-c2nn[nH]n2)cc1. The van der Waals surface area contributed by atoms with Gasteiger partial charge in [0.05, 0.1) is 12.3 Å². The van der Waals surface area contributed by atoms with Crippen molar-refractivity contribution in [2.24, 2.45) is 0 Å². The summed E-state index contributed by atoms with van der Waals surface area (Å²) < 4.78 is 1.80. The molecule has 8 nitrogen and oxygen atoms in total. The molecular weight excluding hydrogens is 416 g/mol. The molecule has 0 saturated heterocycles. The van der Waals surface area contributed by atoms with Crippen molar-refractivity contribution in [3.8, 4) is 22.5 Å². The molecule has 0 fully saturated rings. The summed E-state index contributed by atoms with van der Waals surface area (Å²) in [6, 6.07) is 15.9. The summed E-state index contributed by atoms with van der Waals surface area (Å²) in [5.41, 5.74) is 4.39.